The highest BCUT2D eigenvalue weighted by molar-refractivity contribution is 6.05. The van der Waals surface area contributed by atoms with Crippen molar-refractivity contribution in [3.63, 3.8) is 0 Å². The molecule has 1 aromatic heterocycles. The van der Waals surface area contributed by atoms with Crippen LogP contribution in [-0.2, 0) is 4.79 Å². The van der Waals surface area contributed by atoms with Crippen molar-refractivity contribution in [2.45, 2.75) is 70.5 Å². The number of urea groups is 1. The largest absolute Gasteiger partial charge is 0.352 e. The molecule has 0 unspecified atom stereocenters. The third-order valence-corrected chi connectivity index (χ3v) is 7.38. The molecule has 0 bridgehead atoms. The number of nitrogens with zero attached hydrogens (tertiary/aromatic N) is 2. The van der Waals surface area contributed by atoms with Gasteiger partial charge in [-0.25, -0.2) is 9.59 Å². The molecule has 1 aliphatic heterocycles. The minimum absolute atomic E-state index is 0.0467. The number of carbonyl (C=O) groups excluding carboxylic acids is 3. The predicted octanol–water partition coefficient (Wildman–Crippen LogP) is 3.65. The first-order valence-electron chi connectivity index (χ1n) is 11.5. The van der Waals surface area contributed by atoms with Gasteiger partial charge in [-0.1, -0.05) is 38.5 Å². The van der Waals surface area contributed by atoms with E-state index in [1.54, 1.807) is 17.2 Å². The Morgan fingerprint density at radius 3 is 2.69 bits per heavy atom. The molecule has 1 aromatic carbocycles. The second-order valence-corrected chi connectivity index (χ2v) is 10.4. The van der Waals surface area contributed by atoms with E-state index in [0.717, 1.165) is 31.1 Å². The molecular formula is C24H31N5O3. The molecule has 8 heteroatoms. The number of likely N-dealkylation sites (tertiary alicyclic amines) is 1. The van der Waals surface area contributed by atoms with E-state index in [-0.39, 0.29) is 29.4 Å². The van der Waals surface area contributed by atoms with Crippen molar-refractivity contribution >= 4 is 34.6 Å². The molecule has 0 radical (unpaired) electrons. The van der Waals surface area contributed by atoms with Crippen LogP contribution in [-0.4, -0.2) is 45.6 Å². The van der Waals surface area contributed by atoms with Gasteiger partial charge in [-0.05, 0) is 49.5 Å². The van der Waals surface area contributed by atoms with E-state index in [0.29, 0.717) is 23.5 Å². The SMILES string of the molecule is CC1(C)CCC[C@@H](NC(=O)[C@@H]2C[C@H]3C[C@H]3N2C(=O)Nc2cn(C(N)=O)c3ccccc23)C1. The van der Waals surface area contributed by atoms with Gasteiger partial charge in [0.25, 0.3) is 0 Å². The average Bonchev–Trinajstić information content (AvgIpc) is 3.23. The highest BCUT2D eigenvalue weighted by Crippen LogP contribution is 2.48. The topological polar surface area (TPSA) is 109 Å². The van der Waals surface area contributed by atoms with E-state index in [1.165, 1.54) is 11.0 Å². The van der Waals surface area contributed by atoms with Crippen molar-refractivity contribution < 1.29 is 14.4 Å². The molecule has 5 rings (SSSR count). The minimum Gasteiger partial charge on any atom is -0.352 e. The van der Waals surface area contributed by atoms with E-state index >= 15 is 0 Å². The fraction of sp³-hybridized carbons (Fsp3) is 0.542. The van der Waals surface area contributed by atoms with Crippen LogP contribution in [0.2, 0.25) is 0 Å². The second kappa shape index (κ2) is 7.53. The van der Waals surface area contributed by atoms with Crippen LogP contribution in [0.3, 0.4) is 0 Å². The molecule has 170 valence electrons. The van der Waals surface area contributed by atoms with Gasteiger partial charge < -0.3 is 21.3 Å². The lowest BCUT2D eigenvalue weighted by Gasteiger charge is -2.36. The molecule has 4 atom stereocenters. The van der Waals surface area contributed by atoms with E-state index in [2.05, 4.69) is 24.5 Å². The van der Waals surface area contributed by atoms with Crippen molar-refractivity contribution in [3.8, 4) is 0 Å². The van der Waals surface area contributed by atoms with Crippen molar-refractivity contribution in [1.29, 1.82) is 0 Å². The summed E-state index contributed by atoms with van der Waals surface area (Å²) in [6.07, 6.45) is 7.46. The third-order valence-electron chi connectivity index (χ3n) is 7.38. The molecule has 2 saturated carbocycles. The van der Waals surface area contributed by atoms with Gasteiger partial charge in [-0.15, -0.1) is 0 Å². The molecule has 2 aliphatic carbocycles. The number of fused-ring (bicyclic) bond motifs is 2. The lowest BCUT2D eigenvalue weighted by molar-refractivity contribution is -0.126. The number of hydrogen-bond acceptors (Lipinski definition) is 3. The fourth-order valence-corrected chi connectivity index (χ4v) is 5.74. The van der Waals surface area contributed by atoms with Crippen LogP contribution in [0.15, 0.2) is 30.5 Å². The Hall–Kier alpha value is -3.03. The number of nitrogens with two attached hydrogens (primary N) is 1. The first kappa shape index (κ1) is 20.8. The molecule has 2 aromatic rings. The maximum Gasteiger partial charge on any atom is 0.323 e. The number of anilines is 1. The Bertz CT molecular complexity index is 1090. The van der Waals surface area contributed by atoms with Crippen LogP contribution in [0.4, 0.5) is 15.3 Å². The number of para-hydroxylation sites is 1. The monoisotopic (exact) mass is 437 g/mol. The van der Waals surface area contributed by atoms with Gasteiger partial charge >= 0.3 is 12.1 Å². The number of benzene rings is 1. The number of nitrogens with one attached hydrogen (secondary N) is 2. The van der Waals surface area contributed by atoms with Gasteiger partial charge in [0.15, 0.2) is 0 Å². The van der Waals surface area contributed by atoms with Gasteiger partial charge in [-0.2, -0.15) is 0 Å². The summed E-state index contributed by atoms with van der Waals surface area (Å²) in [4.78, 5) is 40.0. The summed E-state index contributed by atoms with van der Waals surface area (Å²) in [5.41, 5.74) is 6.88. The summed E-state index contributed by atoms with van der Waals surface area (Å²) in [6.45, 7) is 4.50. The molecule has 0 spiro atoms. The normalized spacial score (nSPS) is 28.2. The molecule has 3 aliphatic rings. The quantitative estimate of drug-likeness (QED) is 0.682. The van der Waals surface area contributed by atoms with Crippen LogP contribution in [0.5, 0.6) is 0 Å². The maximum atomic E-state index is 13.3. The zero-order valence-corrected chi connectivity index (χ0v) is 18.6. The predicted molar refractivity (Wildman–Crippen MR) is 122 cm³/mol. The zero-order valence-electron chi connectivity index (χ0n) is 18.6. The molecule has 4 N–H and O–H groups in total. The van der Waals surface area contributed by atoms with Gasteiger partial charge in [0.1, 0.15) is 6.04 Å². The molecule has 3 fully saturated rings. The van der Waals surface area contributed by atoms with Crippen molar-refractivity contribution in [3.05, 3.63) is 30.5 Å². The van der Waals surface area contributed by atoms with Crippen molar-refractivity contribution in [1.82, 2.24) is 14.8 Å². The number of piperidine rings is 1. The standard InChI is InChI=1S/C24H31N5O3/c1-24(2)9-5-6-15(12-24)26-21(30)20-11-14-10-19(14)29(20)23(32)27-17-13-28(22(25)31)18-8-4-3-7-16(17)18/h3-4,7-8,13-15,19-20H,5-6,9-12H2,1-2H3,(H2,25,31)(H,26,30)(H,27,32)/t14-,15-,19-,20+/m1/s1. The molecule has 2 heterocycles. The molecular weight excluding hydrogens is 406 g/mol. The molecule has 8 nitrogen and oxygen atoms in total. The average molecular weight is 438 g/mol. The summed E-state index contributed by atoms with van der Waals surface area (Å²) < 4.78 is 1.32. The number of primary amides is 1. The summed E-state index contributed by atoms with van der Waals surface area (Å²) in [5.74, 6) is 0.348. The van der Waals surface area contributed by atoms with Gasteiger partial charge in [0.2, 0.25) is 5.91 Å². The number of hydrogen-bond donors (Lipinski definition) is 3. The van der Waals surface area contributed by atoms with E-state index in [4.69, 9.17) is 5.73 Å². The fourth-order valence-electron chi connectivity index (χ4n) is 5.74. The van der Waals surface area contributed by atoms with Crippen LogP contribution in [0.1, 0.15) is 52.4 Å². The minimum atomic E-state index is -0.613. The summed E-state index contributed by atoms with van der Waals surface area (Å²) in [6, 6.07) is 6.19. The summed E-state index contributed by atoms with van der Waals surface area (Å²) in [5, 5.41) is 6.90. The summed E-state index contributed by atoms with van der Waals surface area (Å²) >= 11 is 0. The Kier molecular flexibility index (Phi) is 4.91. The van der Waals surface area contributed by atoms with Crippen LogP contribution >= 0.6 is 0 Å². The highest BCUT2D eigenvalue weighted by Gasteiger charge is 2.56. The lowest BCUT2D eigenvalue weighted by atomic mass is 9.75. The number of aromatic nitrogens is 1. The van der Waals surface area contributed by atoms with Crippen molar-refractivity contribution in [2.24, 2.45) is 17.1 Å². The number of carbonyl (C=O) groups is 3. The second-order valence-electron chi connectivity index (χ2n) is 10.4. The molecule has 32 heavy (non-hydrogen) atoms. The zero-order chi connectivity index (χ0) is 22.6. The van der Waals surface area contributed by atoms with Crippen LogP contribution in [0.25, 0.3) is 10.9 Å². The van der Waals surface area contributed by atoms with Gasteiger partial charge in [0, 0.05) is 23.7 Å². The third kappa shape index (κ3) is 3.72. The first-order valence-corrected chi connectivity index (χ1v) is 11.5. The number of amides is 4. The van der Waals surface area contributed by atoms with Crippen LogP contribution < -0.4 is 16.4 Å². The van der Waals surface area contributed by atoms with E-state index in [1.807, 2.05) is 18.2 Å². The smallest absolute Gasteiger partial charge is 0.323 e. The van der Waals surface area contributed by atoms with E-state index in [9.17, 15) is 14.4 Å². The first-order chi connectivity index (χ1) is 15.2. The Balaban J connectivity index is 1.33. The Labute approximate surface area is 187 Å². The van der Waals surface area contributed by atoms with Crippen molar-refractivity contribution in [2.75, 3.05) is 5.32 Å². The highest BCUT2D eigenvalue weighted by atomic mass is 16.2. The maximum absolute atomic E-state index is 13.3. The molecule has 1 saturated heterocycles. The lowest BCUT2D eigenvalue weighted by Crippen LogP contribution is -2.52. The summed E-state index contributed by atoms with van der Waals surface area (Å²) in [7, 11) is 0. The molecule has 4 amide bonds. The van der Waals surface area contributed by atoms with Gasteiger partial charge in [0.05, 0.1) is 11.2 Å². The number of rotatable bonds is 3. The Morgan fingerprint density at radius 1 is 1.16 bits per heavy atom. The van der Waals surface area contributed by atoms with Gasteiger partial charge in [-0.3, -0.25) is 9.36 Å². The van der Waals surface area contributed by atoms with Crippen LogP contribution in [0, 0.1) is 11.3 Å². The van der Waals surface area contributed by atoms with E-state index < -0.39 is 12.1 Å². The Morgan fingerprint density at radius 2 is 1.94 bits per heavy atom.